The Morgan fingerprint density at radius 1 is 1.71 bits per heavy atom. The van der Waals surface area contributed by atoms with Gasteiger partial charge < -0.3 is 0 Å². The van der Waals surface area contributed by atoms with Crippen molar-refractivity contribution in [2.45, 2.75) is 4.21 Å². The van der Waals surface area contributed by atoms with Crippen LogP contribution in [0.4, 0.5) is 0 Å². The van der Waals surface area contributed by atoms with E-state index in [0.29, 0.717) is 4.21 Å². The molecule has 0 fully saturated rings. The highest BCUT2D eigenvalue weighted by molar-refractivity contribution is 9.10. The smallest absolute Gasteiger partial charge is 0.206 e. The van der Waals surface area contributed by atoms with Crippen molar-refractivity contribution < 1.29 is 8.42 Å². The Labute approximate surface area is 95.9 Å². The second-order valence-corrected chi connectivity index (χ2v) is 6.65. The fraction of sp³-hybridized carbons (Fsp3) is 0.250. The van der Waals surface area contributed by atoms with Crippen molar-refractivity contribution in [3.8, 4) is 12.3 Å². The van der Waals surface area contributed by atoms with Gasteiger partial charge in [-0.15, -0.1) is 17.8 Å². The summed E-state index contributed by atoms with van der Waals surface area (Å²) in [6.07, 6.45) is 5.05. The summed E-state index contributed by atoms with van der Waals surface area (Å²) in [4.78, 5) is 0. The molecule has 1 aromatic heterocycles. The Morgan fingerprint density at radius 2 is 2.36 bits per heavy atom. The standard InChI is InChI=1S/C8H8BrNO2S2/c1-3-4-10(2)14(11,12)8-5-7(9)6-13-8/h1,5-6H,4H2,2H3. The number of nitrogens with zero attached hydrogens (tertiary/aromatic N) is 1. The van der Waals surface area contributed by atoms with E-state index >= 15 is 0 Å². The van der Waals surface area contributed by atoms with Crippen molar-refractivity contribution in [1.82, 2.24) is 4.31 Å². The normalized spacial score (nSPS) is 11.6. The summed E-state index contributed by atoms with van der Waals surface area (Å²) >= 11 is 4.37. The average molecular weight is 294 g/mol. The summed E-state index contributed by atoms with van der Waals surface area (Å²) in [5, 5.41) is 1.72. The zero-order valence-corrected chi connectivity index (χ0v) is 10.6. The van der Waals surface area contributed by atoms with Gasteiger partial charge in [-0.05, 0) is 22.0 Å². The maximum atomic E-state index is 11.8. The van der Waals surface area contributed by atoms with Gasteiger partial charge in [-0.25, -0.2) is 8.42 Å². The van der Waals surface area contributed by atoms with E-state index in [9.17, 15) is 8.42 Å². The van der Waals surface area contributed by atoms with Gasteiger partial charge in [0.05, 0.1) is 6.54 Å². The van der Waals surface area contributed by atoms with Crippen LogP contribution in [0.2, 0.25) is 0 Å². The largest absolute Gasteiger partial charge is 0.253 e. The summed E-state index contributed by atoms with van der Waals surface area (Å²) in [5.41, 5.74) is 0. The van der Waals surface area contributed by atoms with Crippen LogP contribution in [-0.2, 0) is 10.0 Å². The molecule has 0 saturated heterocycles. The molecule has 1 aromatic rings. The third-order valence-corrected chi connectivity index (χ3v) is 5.50. The van der Waals surface area contributed by atoms with Crippen molar-refractivity contribution in [3.63, 3.8) is 0 Å². The summed E-state index contributed by atoms with van der Waals surface area (Å²) < 4.78 is 25.7. The van der Waals surface area contributed by atoms with Crippen molar-refractivity contribution in [3.05, 3.63) is 15.9 Å². The van der Waals surface area contributed by atoms with Crippen LogP contribution in [0.15, 0.2) is 20.1 Å². The first kappa shape index (κ1) is 11.7. The Morgan fingerprint density at radius 3 is 2.79 bits per heavy atom. The lowest BCUT2D eigenvalue weighted by molar-refractivity contribution is 0.505. The molecule has 6 heteroatoms. The first-order valence-electron chi connectivity index (χ1n) is 3.62. The van der Waals surface area contributed by atoms with E-state index in [0.717, 1.165) is 8.78 Å². The van der Waals surface area contributed by atoms with Crippen LogP contribution in [0, 0.1) is 12.3 Å². The van der Waals surface area contributed by atoms with E-state index < -0.39 is 10.0 Å². The van der Waals surface area contributed by atoms with Gasteiger partial charge in [-0.2, -0.15) is 4.31 Å². The van der Waals surface area contributed by atoms with Gasteiger partial charge in [0.15, 0.2) is 0 Å². The topological polar surface area (TPSA) is 37.4 Å². The monoisotopic (exact) mass is 293 g/mol. The third-order valence-electron chi connectivity index (χ3n) is 1.52. The zero-order valence-electron chi connectivity index (χ0n) is 7.40. The average Bonchev–Trinajstić information content (AvgIpc) is 2.52. The first-order valence-corrected chi connectivity index (χ1v) is 6.73. The minimum absolute atomic E-state index is 0.0812. The minimum atomic E-state index is -3.40. The van der Waals surface area contributed by atoms with E-state index in [1.54, 1.807) is 11.4 Å². The molecule has 0 aliphatic carbocycles. The maximum absolute atomic E-state index is 11.8. The molecule has 3 nitrogen and oxygen atoms in total. The van der Waals surface area contributed by atoms with Gasteiger partial charge >= 0.3 is 0 Å². The molecule has 76 valence electrons. The molecule has 0 saturated carbocycles. The number of halogens is 1. The van der Waals surface area contributed by atoms with E-state index in [1.807, 2.05) is 0 Å². The van der Waals surface area contributed by atoms with Gasteiger partial charge in [-0.3, -0.25) is 0 Å². The van der Waals surface area contributed by atoms with Crippen LogP contribution in [-0.4, -0.2) is 26.3 Å². The molecule has 14 heavy (non-hydrogen) atoms. The number of rotatable bonds is 3. The fourth-order valence-electron chi connectivity index (χ4n) is 0.797. The van der Waals surface area contributed by atoms with E-state index in [4.69, 9.17) is 6.42 Å². The van der Waals surface area contributed by atoms with Gasteiger partial charge in [-0.1, -0.05) is 5.92 Å². The van der Waals surface area contributed by atoms with Crippen LogP contribution >= 0.6 is 27.3 Å². The first-order chi connectivity index (χ1) is 6.48. The van der Waals surface area contributed by atoms with Crippen molar-refractivity contribution in [2.75, 3.05) is 13.6 Å². The molecule has 0 N–H and O–H groups in total. The lowest BCUT2D eigenvalue weighted by Crippen LogP contribution is -2.26. The molecule has 1 rings (SSSR count). The molecule has 0 aliphatic heterocycles. The predicted molar refractivity (Wildman–Crippen MR) is 60.7 cm³/mol. The fourth-order valence-corrected chi connectivity index (χ4v) is 3.94. The Hall–Kier alpha value is -0.350. The van der Waals surface area contributed by atoms with Gasteiger partial charge in [0, 0.05) is 16.9 Å². The number of sulfonamides is 1. The Bertz CT molecular complexity index is 458. The van der Waals surface area contributed by atoms with Crippen molar-refractivity contribution in [2.24, 2.45) is 0 Å². The highest BCUT2D eigenvalue weighted by Crippen LogP contribution is 2.25. The molecule has 0 atom stereocenters. The molecule has 0 unspecified atom stereocenters. The molecule has 0 bridgehead atoms. The zero-order chi connectivity index (χ0) is 10.8. The van der Waals surface area contributed by atoms with Crippen molar-refractivity contribution >= 4 is 37.3 Å². The molecule has 0 amide bonds. The third kappa shape index (κ3) is 2.36. The SMILES string of the molecule is C#CCN(C)S(=O)(=O)c1cc(Br)cs1. The van der Waals surface area contributed by atoms with E-state index in [-0.39, 0.29) is 6.54 Å². The number of terminal acetylenes is 1. The molecule has 0 aromatic carbocycles. The number of hydrogen-bond donors (Lipinski definition) is 0. The van der Waals surface area contributed by atoms with Crippen LogP contribution in [0.3, 0.4) is 0 Å². The summed E-state index contributed by atoms with van der Waals surface area (Å²) in [7, 11) is -1.94. The molecule has 0 aliphatic rings. The van der Waals surface area contributed by atoms with E-state index in [2.05, 4.69) is 21.9 Å². The van der Waals surface area contributed by atoms with Crippen LogP contribution in [0.25, 0.3) is 0 Å². The van der Waals surface area contributed by atoms with Crippen molar-refractivity contribution in [1.29, 1.82) is 0 Å². The highest BCUT2D eigenvalue weighted by Gasteiger charge is 2.21. The molecule has 1 heterocycles. The quantitative estimate of drug-likeness (QED) is 0.797. The Kier molecular flexibility index (Phi) is 3.72. The maximum Gasteiger partial charge on any atom is 0.253 e. The van der Waals surface area contributed by atoms with Crippen LogP contribution < -0.4 is 0 Å². The minimum Gasteiger partial charge on any atom is -0.206 e. The summed E-state index contributed by atoms with van der Waals surface area (Å²) in [5.74, 6) is 2.29. The van der Waals surface area contributed by atoms with Gasteiger partial charge in [0.2, 0.25) is 0 Å². The highest BCUT2D eigenvalue weighted by atomic mass is 79.9. The van der Waals surface area contributed by atoms with Gasteiger partial charge in [0.1, 0.15) is 4.21 Å². The summed E-state index contributed by atoms with van der Waals surface area (Å²) in [6, 6.07) is 1.56. The summed E-state index contributed by atoms with van der Waals surface area (Å²) in [6.45, 7) is 0.0812. The van der Waals surface area contributed by atoms with Crippen LogP contribution in [0.1, 0.15) is 0 Å². The van der Waals surface area contributed by atoms with Crippen LogP contribution in [0.5, 0.6) is 0 Å². The lowest BCUT2D eigenvalue weighted by atomic mass is 10.7. The van der Waals surface area contributed by atoms with Gasteiger partial charge in [0.25, 0.3) is 10.0 Å². The van der Waals surface area contributed by atoms with E-state index in [1.165, 1.54) is 18.4 Å². The number of hydrogen-bond acceptors (Lipinski definition) is 3. The second-order valence-electron chi connectivity index (χ2n) is 2.55. The molecular formula is C8H8BrNO2S2. The predicted octanol–water partition coefficient (Wildman–Crippen LogP) is 1.76. The molecule has 0 spiro atoms. The molecular weight excluding hydrogens is 286 g/mol. The second kappa shape index (κ2) is 4.45. The molecule has 0 radical (unpaired) electrons. The Balaban J connectivity index is 3.03. The lowest BCUT2D eigenvalue weighted by Gasteiger charge is -2.11. The number of thiophene rings is 1.